The third-order valence-corrected chi connectivity index (χ3v) is 8.05. The van der Waals surface area contributed by atoms with Gasteiger partial charge in [0.2, 0.25) is 11.8 Å². The maximum Gasteiger partial charge on any atom is 0.422 e. The van der Waals surface area contributed by atoms with E-state index in [2.05, 4.69) is 25.0 Å². The van der Waals surface area contributed by atoms with E-state index in [0.717, 1.165) is 25.2 Å². The average molecular weight is 538 g/mol. The van der Waals surface area contributed by atoms with Gasteiger partial charge in [-0.3, -0.25) is 14.6 Å². The molecule has 1 aliphatic heterocycles. The zero-order valence-electron chi connectivity index (χ0n) is 19.6. The van der Waals surface area contributed by atoms with E-state index >= 15 is 4.39 Å². The van der Waals surface area contributed by atoms with Gasteiger partial charge in [0, 0.05) is 23.9 Å². The summed E-state index contributed by atoms with van der Waals surface area (Å²) < 4.78 is 55.7. The number of hydrogen-bond donors (Lipinski definition) is 2. The molecule has 0 saturated heterocycles. The molecule has 0 spiro atoms. The Morgan fingerprint density at radius 2 is 2.00 bits per heavy atom. The number of fused-ring (bicyclic) bond motifs is 1. The van der Waals surface area contributed by atoms with E-state index in [1.54, 1.807) is 6.92 Å². The second kappa shape index (κ2) is 8.96. The predicted octanol–water partition coefficient (Wildman–Crippen LogP) is 3.30. The molecule has 2 aliphatic carbocycles. The molecule has 3 N–H and O–H groups in total. The van der Waals surface area contributed by atoms with Gasteiger partial charge in [0.25, 0.3) is 0 Å². The van der Waals surface area contributed by atoms with Gasteiger partial charge in [0.05, 0.1) is 17.9 Å². The first kappa shape index (κ1) is 25.4. The van der Waals surface area contributed by atoms with Gasteiger partial charge < -0.3 is 15.8 Å². The van der Waals surface area contributed by atoms with Crippen LogP contribution in [0.2, 0.25) is 0 Å². The Labute approximate surface area is 213 Å². The largest absolute Gasteiger partial charge is 0.467 e. The number of nitrogens with one attached hydrogen (secondary N) is 1. The van der Waals surface area contributed by atoms with E-state index < -0.39 is 34.7 Å². The van der Waals surface area contributed by atoms with Crippen molar-refractivity contribution in [1.29, 1.82) is 0 Å². The van der Waals surface area contributed by atoms with Crippen molar-refractivity contribution < 1.29 is 31.9 Å². The third kappa shape index (κ3) is 5.13. The lowest BCUT2D eigenvalue weighted by molar-refractivity contribution is -0.154. The van der Waals surface area contributed by atoms with Crippen LogP contribution in [0.15, 0.2) is 35.6 Å². The minimum atomic E-state index is -4.53. The molecule has 5 rings (SSSR count). The van der Waals surface area contributed by atoms with Gasteiger partial charge in [-0.1, -0.05) is 17.8 Å². The Hall–Kier alpha value is -3.22. The number of nitrogens with zero attached hydrogens (tertiary/aromatic N) is 3. The molecule has 3 aliphatic rings. The average Bonchev–Trinajstić information content (AvgIpc) is 3.75. The predicted molar refractivity (Wildman–Crippen MR) is 127 cm³/mol. The first-order valence-corrected chi connectivity index (χ1v) is 12.4. The number of amides is 1. The maximum absolute atomic E-state index is 15.1. The summed E-state index contributed by atoms with van der Waals surface area (Å²) in [6.45, 7) is 0.216. The monoisotopic (exact) mass is 537 g/mol. The Morgan fingerprint density at radius 1 is 1.24 bits per heavy atom. The van der Waals surface area contributed by atoms with Crippen molar-refractivity contribution in [2.45, 2.75) is 55.1 Å². The zero-order valence-corrected chi connectivity index (χ0v) is 20.5. The standard InChI is InChI=1S/C24H23F4N5O3S/c1-22(18-8-23(18,37-21(29)33-22)20(35)32-13-3-4-13)14-6-12(2-5-15(14)25)7-17(34)16-9-31-19(10-30-16)36-11-24(26,27)28/h2,5-6,9-10,13,18H,3-4,7-8,11H2,1H3,(H2,29,33)(H,32,35)/t18-,22+,23-/m0/s1. The first-order valence-electron chi connectivity index (χ1n) is 11.6. The third-order valence-electron chi connectivity index (χ3n) is 6.75. The van der Waals surface area contributed by atoms with Crippen LogP contribution in [0.25, 0.3) is 0 Å². The minimum absolute atomic E-state index is 0.0780. The van der Waals surface area contributed by atoms with Gasteiger partial charge in [0.1, 0.15) is 16.3 Å². The topological polar surface area (TPSA) is 120 Å². The Bertz CT molecular complexity index is 1280. The lowest BCUT2D eigenvalue weighted by Gasteiger charge is -2.34. The molecular formula is C24H23F4N5O3S. The molecule has 196 valence electrons. The summed E-state index contributed by atoms with van der Waals surface area (Å²) in [5.41, 5.74) is 5.63. The Morgan fingerprint density at radius 3 is 2.65 bits per heavy atom. The molecule has 1 aromatic carbocycles. The highest BCUT2D eigenvalue weighted by Gasteiger charge is 2.70. The summed E-state index contributed by atoms with van der Waals surface area (Å²) in [6, 6.07) is 4.41. The number of ether oxygens (including phenoxy) is 1. The fourth-order valence-electron chi connectivity index (χ4n) is 4.64. The highest BCUT2D eigenvalue weighted by atomic mass is 32.2. The fourth-order valence-corrected chi connectivity index (χ4v) is 6.03. The van der Waals surface area contributed by atoms with Crippen molar-refractivity contribution in [1.82, 2.24) is 15.3 Å². The van der Waals surface area contributed by atoms with Crippen molar-refractivity contribution in [3.05, 3.63) is 53.2 Å². The molecule has 0 unspecified atom stereocenters. The fraction of sp³-hybridized carbons (Fsp3) is 0.458. The number of aromatic nitrogens is 2. The summed E-state index contributed by atoms with van der Waals surface area (Å²) in [7, 11) is 0. The number of carbonyl (C=O) groups is 2. The first-order chi connectivity index (χ1) is 17.4. The summed E-state index contributed by atoms with van der Waals surface area (Å²) >= 11 is 1.21. The number of thioether (sulfide) groups is 1. The van der Waals surface area contributed by atoms with E-state index in [0.29, 0.717) is 12.0 Å². The van der Waals surface area contributed by atoms with Crippen molar-refractivity contribution in [3.63, 3.8) is 0 Å². The molecule has 13 heteroatoms. The molecule has 1 aromatic heterocycles. The quantitative estimate of drug-likeness (QED) is 0.392. The van der Waals surface area contributed by atoms with Crippen molar-refractivity contribution in [2.75, 3.05) is 6.61 Å². The van der Waals surface area contributed by atoms with Crippen molar-refractivity contribution in [3.8, 4) is 5.88 Å². The molecular weight excluding hydrogens is 514 g/mol. The van der Waals surface area contributed by atoms with Gasteiger partial charge in [-0.05, 0) is 43.9 Å². The lowest BCUT2D eigenvalue weighted by atomic mass is 9.84. The number of ketones is 1. The normalized spacial score (nSPS) is 26.6. The number of benzene rings is 1. The van der Waals surface area contributed by atoms with Crippen LogP contribution in [0.3, 0.4) is 0 Å². The molecule has 1 amide bonds. The minimum Gasteiger partial charge on any atom is -0.467 e. The van der Waals surface area contributed by atoms with E-state index in [4.69, 9.17) is 5.73 Å². The lowest BCUT2D eigenvalue weighted by Crippen LogP contribution is -2.44. The molecule has 2 fully saturated rings. The van der Waals surface area contributed by atoms with Crippen LogP contribution in [0.4, 0.5) is 17.6 Å². The summed E-state index contributed by atoms with van der Waals surface area (Å²) in [6.07, 6.45) is -0.343. The highest BCUT2D eigenvalue weighted by molar-refractivity contribution is 8.15. The van der Waals surface area contributed by atoms with Crippen LogP contribution in [-0.4, -0.2) is 50.4 Å². The van der Waals surface area contributed by atoms with Crippen molar-refractivity contribution >= 4 is 28.6 Å². The number of hydrogen-bond acceptors (Lipinski definition) is 8. The number of Topliss-reactive ketones (excluding diaryl/α,β-unsaturated/α-hetero) is 1. The number of alkyl halides is 3. The van der Waals surface area contributed by atoms with E-state index in [1.165, 1.54) is 30.0 Å². The van der Waals surface area contributed by atoms with E-state index in [9.17, 15) is 22.8 Å². The molecule has 2 aromatic rings. The van der Waals surface area contributed by atoms with Crippen LogP contribution in [-0.2, 0) is 16.8 Å². The Kier molecular flexibility index (Phi) is 6.16. The zero-order chi connectivity index (χ0) is 26.6. The molecule has 2 saturated carbocycles. The van der Waals surface area contributed by atoms with E-state index in [-0.39, 0.29) is 46.6 Å². The smallest absolute Gasteiger partial charge is 0.422 e. The SMILES string of the molecule is C[C@]1(c2cc(CC(=O)c3cnc(OCC(F)(F)F)cn3)ccc2F)N=C(N)S[C@@]2(C(=O)NC3CC3)C[C@H]21. The summed E-state index contributed by atoms with van der Waals surface area (Å²) in [5, 5.41) is 3.22. The van der Waals surface area contributed by atoms with Crippen molar-refractivity contribution in [2.24, 2.45) is 16.6 Å². The van der Waals surface area contributed by atoms with Gasteiger partial charge in [-0.2, -0.15) is 13.2 Å². The number of aliphatic imine (C=N–C) groups is 1. The van der Waals surface area contributed by atoms with Crippen LogP contribution in [0.1, 0.15) is 47.8 Å². The highest BCUT2D eigenvalue weighted by Crippen LogP contribution is 2.66. The number of nitrogens with two attached hydrogens (primary N) is 1. The van der Waals surface area contributed by atoms with Crippen LogP contribution in [0, 0.1) is 11.7 Å². The second-order valence-electron chi connectivity index (χ2n) is 9.65. The van der Waals surface area contributed by atoms with Crippen LogP contribution >= 0.6 is 11.8 Å². The number of carbonyl (C=O) groups excluding carboxylic acids is 2. The van der Waals surface area contributed by atoms with Gasteiger partial charge in [0.15, 0.2) is 17.6 Å². The maximum atomic E-state index is 15.1. The number of halogens is 4. The molecule has 0 bridgehead atoms. The molecule has 3 atom stereocenters. The Balaban J connectivity index is 1.33. The molecule has 0 radical (unpaired) electrons. The molecule has 2 heterocycles. The summed E-state index contributed by atoms with van der Waals surface area (Å²) in [5.74, 6) is -1.75. The number of rotatable bonds is 8. The van der Waals surface area contributed by atoms with Crippen LogP contribution in [0.5, 0.6) is 5.88 Å². The van der Waals surface area contributed by atoms with Gasteiger partial charge >= 0.3 is 6.18 Å². The molecule has 8 nitrogen and oxygen atoms in total. The van der Waals surface area contributed by atoms with Gasteiger partial charge in [-0.25, -0.2) is 14.4 Å². The van der Waals surface area contributed by atoms with Crippen LogP contribution < -0.4 is 15.8 Å². The number of amidine groups is 1. The summed E-state index contributed by atoms with van der Waals surface area (Å²) in [4.78, 5) is 37.8. The second-order valence-corrected chi connectivity index (χ2v) is 11.0. The van der Waals surface area contributed by atoms with E-state index in [1.807, 2.05) is 0 Å². The molecule has 37 heavy (non-hydrogen) atoms. The van der Waals surface area contributed by atoms with Gasteiger partial charge in [-0.15, -0.1) is 0 Å².